The number of hydrogen-bond acceptors (Lipinski definition) is 5. The van der Waals surface area contributed by atoms with E-state index in [4.69, 9.17) is 18.6 Å². The normalized spacial score (nSPS) is 11.5. The van der Waals surface area contributed by atoms with Crippen LogP contribution in [0.2, 0.25) is 0 Å². The van der Waals surface area contributed by atoms with E-state index in [0.717, 1.165) is 0 Å². The van der Waals surface area contributed by atoms with E-state index in [1.807, 2.05) is 13.8 Å². The Kier molecular flexibility index (Phi) is 8.91. The summed E-state index contributed by atoms with van der Waals surface area (Å²) in [4.78, 5) is 11.2. The molecule has 0 aliphatic rings. The molecule has 0 radical (unpaired) electrons. The maximum Gasteiger partial charge on any atom is 0.333 e. The molecule has 0 aliphatic heterocycles. The maximum absolute atomic E-state index is 11.2. The predicted octanol–water partition coefficient (Wildman–Crippen LogP) is 0.910. The average Bonchev–Trinajstić information content (AvgIpc) is 2.34. The van der Waals surface area contributed by atoms with E-state index < -0.39 is 5.97 Å². The second-order valence-corrected chi connectivity index (χ2v) is 4.18. The van der Waals surface area contributed by atoms with E-state index in [-0.39, 0.29) is 5.97 Å². The number of carbonyl (C=O) groups excluding carboxylic acids is 1. The molecule has 0 spiro atoms. The van der Waals surface area contributed by atoms with Crippen LogP contribution >= 0.6 is 0 Å². The van der Waals surface area contributed by atoms with Crippen LogP contribution in [0.4, 0.5) is 0 Å². The first-order chi connectivity index (χ1) is 8.51. The molecule has 6 heteroatoms. The highest BCUT2D eigenvalue weighted by Crippen LogP contribution is 2.21. The Bertz CT molecular complexity index is 261. The van der Waals surface area contributed by atoms with Crippen molar-refractivity contribution in [3.63, 3.8) is 0 Å². The maximum atomic E-state index is 11.2. The molecule has 18 heavy (non-hydrogen) atoms. The van der Waals surface area contributed by atoms with Crippen LogP contribution in [0.1, 0.15) is 33.6 Å². The smallest absolute Gasteiger partial charge is 0.333 e. The van der Waals surface area contributed by atoms with Gasteiger partial charge in [0.05, 0.1) is 6.61 Å². The van der Waals surface area contributed by atoms with Gasteiger partial charge in [0, 0.05) is 25.2 Å². The highest BCUT2D eigenvalue weighted by Gasteiger charge is 2.30. The predicted molar refractivity (Wildman–Crippen MR) is 72.0 cm³/mol. The number of rotatable bonds is 10. The monoisotopic (exact) mass is 276 g/mol. The van der Waals surface area contributed by atoms with E-state index in [1.165, 1.54) is 0 Å². The van der Waals surface area contributed by atoms with Crippen molar-refractivity contribution < 1.29 is 23.4 Å². The van der Waals surface area contributed by atoms with Crippen LogP contribution in [0, 0.1) is 0 Å². The van der Waals surface area contributed by atoms with Gasteiger partial charge in [-0.05, 0) is 27.2 Å². The van der Waals surface area contributed by atoms with Gasteiger partial charge >= 0.3 is 5.97 Å². The highest BCUT2D eigenvalue weighted by molar-refractivity contribution is 5.98. The Hall–Kier alpha value is -0.693. The van der Waals surface area contributed by atoms with E-state index in [0.29, 0.717) is 48.7 Å². The Morgan fingerprint density at radius 1 is 1.28 bits per heavy atom. The Balaban J connectivity index is 4.10. The van der Waals surface area contributed by atoms with E-state index >= 15 is 0 Å². The standard InChI is InChI=1S/C12H24O5Si/c1-5-15-12(17-18,16-6-2)8-7-9-14-11(13)10(3)4/h3,5-9H2,1-2,4,18H3. The summed E-state index contributed by atoms with van der Waals surface area (Å²) in [5.41, 5.74) is 0.398. The van der Waals surface area contributed by atoms with Crippen LogP contribution in [-0.2, 0) is 23.4 Å². The van der Waals surface area contributed by atoms with Crippen LogP contribution < -0.4 is 0 Å². The number of esters is 1. The molecule has 106 valence electrons. The molecule has 0 aromatic rings. The minimum atomic E-state index is -0.981. The van der Waals surface area contributed by atoms with Gasteiger partial charge in [0.2, 0.25) is 0 Å². The molecule has 0 atom stereocenters. The largest absolute Gasteiger partial charge is 0.462 e. The minimum Gasteiger partial charge on any atom is -0.462 e. The van der Waals surface area contributed by atoms with Crippen molar-refractivity contribution in [1.29, 1.82) is 0 Å². The fourth-order valence-electron chi connectivity index (χ4n) is 1.42. The Morgan fingerprint density at radius 2 is 1.83 bits per heavy atom. The van der Waals surface area contributed by atoms with Crippen molar-refractivity contribution in [2.75, 3.05) is 19.8 Å². The minimum absolute atomic E-state index is 0.304. The molecular weight excluding hydrogens is 252 g/mol. The molecule has 0 unspecified atom stereocenters. The van der Waals surface area contributed by atoms with Gasteiger partial charge in [0.1, 0.15) is 0 Å². The topological polar surface area (TPSA) is 54.0 Å². The first kappa shape index (κ1) is 17.3. The third kappa shape index (κ3) is 6.30. The van der Waals surface area contributed by atoms with Gasteiger partial charge in [-0.15, -0.1) is 0 Å². The fraction of sp³-hybridized carbons (Fsp3) is 0.750. The van der Waals surface area contributed by atoms with Gasteiger partial charge in [-0.2, -0.15) is 0 Å². The summed E-state index contributed by atoms with van der Waals surface area (Å²) in [6.07, 6.45) is 1.14. The Morgan fingerprint density at radius 3 is 2.22 bits per heavy atom. The molecule has 0 heterocycles. The number of carbonyl (C=O) groups is 1. The molecule has 0 saturated heterocycles. The molecule has 0 bridgehead atoms. The molecule has 0 aliphatic carbocycles. The zero-order valence-electron chi connectivity index (χ0n) is 11.8. The van der Waals surface area contributed by atoms with Gasteiger partial charge in [-0.25, -0.2) is 4.79 Å². The van der Waals surface area contributed by atoms with Crippen LogP contribution in [0.15, 0.2) is 12.2 Å². The molecule has 0 fully saturated rings. The van der Waals surface area contributed by atoms with Gasteiger partial charge < -0.3 is 18.6 Å². The van der Waals surface area contributed by atoms with Crippen molar-refractivity contribution in [1.82, 2.24) is 0 Å². The third-order valence-electron chi connectivity index (χ3n) is 2.25. The lowest BCUT2D eigenvalue weighted by Crippen LogP contribution is -2.39. The fourth-order valence-corrected chi connectivity index (χ4v) is 1.86. The lowest BCUT2D eigenvalue weighted by molar-refractivity contribution is -0.344. The second kappa shape index (κ2) is 9.27. The lowest BCUT2D eigenvalue weighted by Gasteiger charge is -2.31. The molecule has 0 rings (SSSR count). The van der Waals surface area contributed by atoms with Crippen molar-refractivity contribution in [3.8, 4) is 0 Å². The van der Waals surface area contributed by atoms with Crippen LogP contribution in [0.3, 0.4) is 0 Å². The molecule has 5 nitrogen and oxygen atoms in total. The summed E-state index contributed by atoms with van der Waals surface area (Å²) in [5.74, 6) is -1.36. The second-order valence-electron chi connectivity index (χ2n) is 3.77. The zero-order valence-corrected chi connectivity index (χ0v) is 13.8. The zero-order chi connectivity index (χ0) is 14.0. The van der Waals surface area contributed by atoms with Crippen molar-refractivity contribution in [2.24, 2.45) is 0 Å². The average molecular weight is 276 g/mol. The molecule has 0 amide bonds. The molecule has 0 saturated carbocycles. The summed E-state index contributed by atoms with van der Waals surface area (Å²) in [6, 6.07) is 0. The van der Waals surface area contributed by atoms with Crippen molar-refractivity contribution in [3.05, 3.63) is 12.2 Å². The van der Waals surface area contributed by atoms with E-state index in [1.54, 1.807) is 6.92 Å². The molecule has 0 N–H and O–H groups in total. The summed E-state index contributed by atoms with van der Waals surface area (Å²) in [7, 11) is 0.515. The van der Waals surface area contributed by atoms with Gasteiger partial charge in [0.25, 0.3) is 5.97 Å². The Labute approximate surface area is 112 Å². The van der Waals surface area contributed by atoms with Gasteiger partial charge in [-0.3, -0.25) is 0 Å². The summed E-state index contributed by atoms with van der Waals surface area (Å²) in [6.45, 7) is 10.2. The summed E-state index contributed by atoms with van der Waals surface area (Å²) < 4.78 is 21.4. The number of hydrogen-bond donors (Lipinski definition) is 0. The molecule has 0 aromatic heterocycles. The number of ether oxygens (including phenoxy) is 3. The quantitative estimate of drug-likeness (QED) is 0.195. The first-order valence-electron chi connectivity index (χ1n) is 6.17. The van der Waals surface area contributed by atoms with Crippen molar-refractivity contribution in [2.45, 2.75) is 39.6 Å². The molecule has 0 aromatic carbocycles. The van der Waals surface area contributed by atoms with Crippen LogP contribution in [0.5, 0.6) is 0 Å². The first-order valence-corrected chi connectivity index (χ1v) is 6.98. The lowest BCUT2D eigenvalue weighted by atomic mass is 10.3. The van der Waals surface area contributed by atoms with Crippen molar-refractivity contribution >= 4 is 16.5 Å². The van der Waals surface area contributed by atoms with Gasteiger partial charge in [0.15, 0.2) is 10.5 Å². The molecular formula is C12H24O5Si. The summed E-state index contributed by atoms with van der Waals surface area (Å²) in [5, 5.41) is 0. The highest BCUT2D eigenvalue weighted by atomic mass is 28.2. The third-order valence-corrected chi connectivity index (χ3v) is 2.87. The van der Waals surface area contributed by atoms with Crippen LogP contribution in [0.25, 0.3) is 0 Å². The summed E-state index contributed by atoms with van der Waals surface area (Å²) >= 11 is 0. The van der Waals surface area contributed by atoms with E-state index in [2.05, 4.69) is 6.58 Å². The van der Waals surface area contributed by atoms with Crippen LogP contribution in [-0.4, -0.2) is 42.2 Å². The SMILES string of the molecule is C=C(C)C(=O)OCCCC(O[SiH3])(OCC)OCC. The van der Waals surface area contributed by atoms with E-state index in [9.17, 15) is 4.79 Å². The van der Waals surface area contributed by atoms with Gasteiger partial charge in [-0.1, -0.05) is 6.58 Å².